The van der Waals surface area contributed by atoms with E-state index in [0.29, 0.717) is 17.9 Å². The molecule has 1 atom stereocenters. The molecule has 0 aliphatic heterocycles. The fourth-order valence-electron chi connectivity index (χ4n) is 1.61. The van der Waals surface area contributed by atoms with E-state index in [1.54, 1.807) is 18.0 Å². The second-order valence-electron chi connectivity index (χ2n) is 3.95. The summed E-state index contributed by atoms with van der Waals surface area (Å²) in [7, 11) is 1.60. The van der Waals surface area contributed by atoms with Gasteiger partial charge in [-0.25, -0.2) is 4.68 Å². The molecule has 0 aliphatic rings. The highest BCUT2D eigenvalue weighted by molar-refractivity contribution is 9.11. The monoisotopic (exact) mass is 389 g/mol. The molecule has 1 heterocycles. The normalized spacial score (nSPS) is 12.5. The van der Waals surface area contributed by atoms with E-state index in [9.17, 15) is 5.11 Å². The van der Waals surface area contributed by atoms with Gasteiger partial charge in [0.1, 0.15) is 11.4 Å². The number of nitrogens with zero attached hydrogens (tertiary/aromatic N) is 3. The van der Waals surface area contributed by atoms with Gasteiger partial charge in [0.15, 0.2) is 0 Å². The zero-order chi connectivity index (χ0) is 14.0. The van der Waals surface area contributed by atoms with Gasteiger partial charge in [-0.2, -0.15) is 0 Å². The SMILES string of the molecule is CCC(O)c1cn(-c2cc(OC)c(Br)cc2Br)nn1. The van der Waals surface area contributed by atoms with Crippen LogP contribution in [0.1, 0.15) is 25.1 Å². The van der Waals surface area contributed by atoms with Crippen LogP contribution in [0, 0.1) is 0 Å². The Morgan fingerprint density at radius 1 is 1.37 bits per heavy atom. The molecule has 5 nitrogen and oxygen atoms in total. The van der Waals surface area contributed by atoms with Crippen LogP contribution in [0.5, 0.6) is 5.75 Å². The van der Waals surface area contributed by atoms with E-state index in [-0.39, 0.29) is 0 Å². The Morgan fingerprint density at radius 3 is 2.74 bits per heavy atom. The van der Waals surface area contributed by atoms with Crippen molar-refractivity contribution in [1.29, 1.82) is 0 Å². The molecule has 2 aromatic rings. The standard InChI is InChI=1S/C12H13Br2N3O2/c1-3-11(18)9-6-17(16-15-9)10-5-12(19-2)8(14)4-7(10)13/h4-6,11,18H,3H2,1-2H3. The van der Waals surface area contributed by atoms with Gasteiger partial charge in [0.2, 0.25) is 0 Å². The number of rotatable bonds is 4. The van der Waals surface area contributed by atoms with Crippen molar-refractivity contribution in [3.63, 3.8) is 0 Å². The predicted octanol–water partition coefficient (Wildman–Crippen LogP) is 3.24. The molecule has 1 aromatic carbocycles. The van der Waals surface area contributed by atoms with E-state index in [1.165, 1.54) is 0 Å². The molecule has 1 aromatic heterocycles. The molecule has 0 fully saturated rings. The van der Waals surface area contributed by atoms with Crippen LogP contribution in [0.25, 0.3) is 5.69 Å². The van der Waals surface area contributed by atoms with E-state index in [4.69, 9.17) is 4.74 Å². The highest BCUT2D eigenvalue weighted by Gasteiger charge is 2.14. The summed E-state index contributed by atoms with van der Waals surface area (Å²) in [5.41, 5.74) is 1.35. The van der Waals surface area contributed by atoms with Crippen molar-refractivity contribution in [2.24, 2.45) is 0 Å². The molecule has 19 heavy (non-hydrogen) atoms. The topological polar surface area (TPSA) is 60.2 Å². The summed E-state index contributed by atoms with van der Waals surface area (Å²) in [5, 5.41) is 17.7. The number of ether oxygens (including phenoxy) is 1. The maximum Gasteiger partial charge on any atom is 0.135 e. The molecule has 102 valence electrons. The number of halogens is 2. The molecular formula is C12H13Br2N3O2. The molecule has 0 radical (unpaired) electrons. The number of hydrogen-bond acceptors (Lipinski definition) is 4. The molecule has 1 N–H and O–H groups in total. The van der Waals surface area contributed by atoms with Crippen LogP contribution in [0.3, 0.4) is 0 Å². The van der Waals surface area contributed by atoms with Gasteiger partial charge in [0.25, 0.3) is 0 Å². The molecule has 0 aliphatic carbocycles. The average Bonchev–Trinajstić information content (AvgIpc) is 2.87. The molecule has 0 spiro atoms. The van der Waals surface area contributed by atoms with Crippen LogP contribution in [0.4, 0.5) is 0 Å². The van der Waals surface area contributed by atoms with Gasteiger partial charge >= 0.3 is 0 Å². The van der Waals surface area contributed by atoms with E-state index in [2.05, 4.69) is 42.2 Å². The molecule has 7 heteroatoms. The zero-order valence-electron chi connectivity index (χ0n) is 10.5. The summed E-state index contributed by atoms with van der Waals surface area (Å²) in [4.78, 5) is 0. The minimum atomic E-state index is -0.593. The fourth-order valence-corrected chi connectivity index (χ4v) is 2.94. The Bertz CT molecular complexity index is 586. The van der Waals surface area contributed by atoms with Crippen molar-refractivity contribution in [1.82, 2.24) is 15.0 Å². The minimum absolute atomic E-state index is 0.552. The van der Waals surface area contributed by atoms with Gasteiger partial charge in [0.05, 0.1) is 29.6 Å². The summed E-state index contributed by atoms with van der Waals surface area (Å²) in [6.45, 7) is 1.89. The molecule has 1 unspecified atom stereocenters. The molecule has 2 rings (SSSR count). The van der Waals surface area contributed by atoms with Crippen molar-refractivity contribution in [2.75, 3.05) is 7.11 Å². The van der Waals surface area contributed by atoms with Crippen LogP contribution >= 0.6 is 31.9 Å². The third-order valence-electron chi connectivity index (χ3n) is 2.71. The van der Waals surface area contributed by atoms with Crippen molar-refractivity contribution >= 4 is 31.9 Å². The number of aliphatic hydroxyl groups excluding tert-OH is 1. The number of hydrogen-bond donors (Lipinski definition) is 1. The molecule has 0 saturated heterocycles. The van der Waals surface area contributed by atoms with Gasteiger partial charge in [-0.05, 0) is 44.3 Å². The van der Waals surface area contributed by atoms with Gasteiger partial charge < -0.3 is 9.84 Å². The first-order chi connectivity index (χ1) is 9.06. The van der Waals surface area contributed by atoms with E-state index in [0.717, 1.165) is 14.6 Å². The third-order valence-corrected chi connectivity index (χ3v) is 3.96. The summed E-state index contributed by atoms with van der Waals surface area (Å²) >= 11 is 6.89. The first kappa shape index (κ1) is 14.5. The fraction of sp³-hybridized carbons (Fsp3) is 0.333. The number of benzene rings is 1. The largest absolute Gasteiger partial charge is 0.495 e. The van der Waals surface area contributed by atoms with Crippen LogP contribution in [0.2, 0.25) is 0 Å². The minimum Gasteiger partial charge on any atom is -0.495 e. The summed E-state index contributed by atoms with van der Waals surface area (Å²) < 4.78 is 8.56. The molecule has 0 bridgehead atoms. The number of aromatic nitrogens is 3. The maximum atomic E-state index is 9.74. The lowest BCUT2D eigenvalue weighted by Crippen LogP contribution is -1.98. The Hall–Kier alpha value is -0.920. The van der Waals surface area contributed by atoms with Crippen molar-refractivity contribution in [2.45, 2.75) is 19.4 Å². The van der Waals surface area contributed by atoms with Gasteiger partial charge in [0, 0.05) is 10.5 Å². The lowest BCUT2D eigenvalue weighted by atomic mass is 10.2. The van der Waals surface area contributed by atoms with Crippen molar-refractivity contribution < 1.29 is 9.84 Å². The van der Waals surface area contributed by atoms with Crippen LogP contribution < -0.4 is 4.74 Å². The van der Waals surface area contributed by atoms with E-state index < -0.39 is 6.10 Å². The van der Waals surface area contributed by atoms with Crippen molar-refractivity contribution in [3.8, 4) is 11.4 Å². The van der Waals surface area contributed by atoms with Gasteiger partial charge in [-0.1, -0.05) is 12.1 Å². The highest BCUT2D eigenvalue weighted by Crippen LogP contribution is 2.33. The third kappa shape index (κ3) is 2.98. The summed E-state index contributed by atoms with van der Waals surface area (Å²) in [5.74, 6) is 0.700. The second-order valence-corrected chi connectivity index (χ2v) is 5.66. The van der Waals surface area contributed by atoms with Crippen LogP contribution in [-0.2, 0) is 0 Å². The van der Waals surface area contributed by atoms with Gasteiger partial charge in [-0.3, -0.25) is 0 Å². The first-order valence-corrected chi connectivity index (χ1v) is 7.29. The van der Waals surface area contributed by atoms with E-state index in [1.807, 2.05) is 19.1 Å². The summed E-state index contributed by atoms with van der Waals surface area (Å²) in [6.07, 6.45) is 1.72. The maximum absolute atomic E-state index is 9.74. The quantitative estimate of drug-likeness (QED) is 0.870. The Morgan fingerprint density at radius 2 is 2.11 bits per heavy atom. The van der Waals surface area contributed by atoms with Crippen molar-refractivity contribution in [3.05, 3.63) is 33.0 Å². The summed E-state index contributed by atoms with van der Waals surface area (Å²) in [6, 6.07) is 3.72. The number of methoxy groups -OCH3 is 1. The lowest BCUT2D eigenvalue weighted by molar-refractivity contribution is 0.169. The van der Waals surface area contributed by atoms with Crippen LogP contribution in [-0.4, -0.2) is 27.2 Å². The lowest BCUT2D eigenvalue weighted by Gasteiger charge is -2.09. The number of aliphatic hydroxyl groups is 1. The highest BCUT2D eigenvalue weighted by atomic mass is 79.9. The Balaban J connectivity index is 2.44. The second kappa shape index (κ2) is 6.02. The Kier molecular flexibility index (Phi) is 4.59. The average molecular weight is 391 g/mol. The molecular weight excluding hydrogens is 378 g/mol. The first-order valence-electron chi connectivity index (χ1n) is 5.70. The van der Waals surface area contributed by atoms with Gasteiger partial charge in [-0.15, -0.1) is 5.10 Å². The predicted molar refractivity (Wildman–Crippen MR) is 78.6 cm³/mol. The Labute approximate surface area is 127 Å². The molecule has 0 saturated carbocycles. The van der Waals surface area contributed by atoms with E-state index >= 15 is 0 Å². The van der Waals surface area contributed by atoms with Crippen LogP contribution in [0.15, 0.2) is 27.3 Å². The zero-order valence-corrected chi connectivity index (χ0v) is 13.6. The molecule has 0 amide bonds. The smallest absolute Gasteiger partial charge is 0.135 e.